The third-order valence-electron chi connectivity index (χ3n) is 4.88. The Morgan fingerprint density at radius 2 is 1.77 bits per heavy atom. The largest absolute Gasteiger partial charge is 0.497 e. The minimum absolute atomic E-state index is 0.132. The lowest BCUT2D eigenvalue weighted by molar-refractivity contribution is -0.141. The first-order valence-corrected chi connectivity index (χ1v) is 10.7. The molecule has 0 spiro atoms. The standard InChI is InChI=1S/C24H31ClN2O3/c1-5-22(24(29)26-15-17(2)3)27(16-18-10-12-20(30-4)13-11-18)23(28)14-19-8-6-7-9-21(19)25/h6-13,17,22H,5,14-16H2,1-4H3,(H,26,29)/t22-/m1/s1. The molecule has 2 aromatic carbocycles. The van der Waals surface area contributed by atoms with E-state index in [0.29, 0.717) is 30.5 Å². The van der Waals surface area contributed by atoms with Crippen LogP contribution in [0, 0.1) is 5.92 Å². The van der Waals surface area contributed by atoms with Gasteiger partial charge in [0.1, 0.15) is 11.8 Å². The second-order valence-corrected chi connectivity index (χ2v) is 8.11. The van der Waals surface area contributed by atoms with Gasteiger partial charge < -0.3 is 15.0 Å². The Bertz CT molecular complexity index is 837. The summed E-state index contributed by atoms with van der Waals surface area (Å²) in [6.45, 7) is 6.91. The smallest absolute Gasteiger partial charge is 0.242 e. The molecule has 0 fully saturated rings. The number of nitrogens with one attached hydrogen (secondary N) is 1. The molecule has 0 saturated carbocycles. The van der Waals surface area contributed by atoms with E-state index in [1.165, 1.54) is 0 Å². The number of rotatable bonds is 10. The molecule has 0 unspecified atom stereocenters. The minimum atomic E-state index is -0.555. The van der Waals surface area contributed by atoms with Crippen LogP contribution in [0.2, 0.25) is 5.02 Å². The fourth-order valence-corrected chi connectivity index (χ4v) is 3.38. The lowest BCUT2D eigenvalue weighted by Crippen LogP contribution is -2.50. The number of carbonyl (C=O) groups is 2. The van der Waals surface area contributed by atoms with Gasteiger partial charge in [-0.1, -0.05) is 62.7 Å². The van der Waals surface area contributed by atoms with Crippen LogP contribution in [0.1, 0.15) is 38.3 Å². The van der Waals surface area contributed by atoms with Crippen LogP contribution in [-0.4, -0.2) is 36.4 Å². The zero-order valence-electron chi connectivity index (χ0n) is 18.2. The van der Waals surface area contributed by atoms with Crippen LogP contribution in [-0.2, 0) is 22.6 Å². The lowest BCUT2D eigenvalue weighted by atomic mass is 10.1. The van der Waals surface area contributed by atoms with Crippen LogP contribution in [0.4, 0.5) is 0 Å². The Morgan fingerprint density at radius 1 is 1.10 bits per heavy atom. The van der Waals surface area contributed by atoms with Gasteiger partial charge in [0.05, 0.1) is 13.5 Å². The third-order valence-corrected chi connectivity index (χ3v) is 5.25. The van der Waals surface area contributed by atoms with Crippen molar-refractivity contribution in [1.29, 1.82) is 0 Å². The molecule has 30 heavy (non-hydrogen) atoms. The highest BCUT2D eigenvalue weighted by Gasteiger charge is 2.29. The van der Waals surface area contributed by atoms with Crippen LogP contribution in [0.25, 0.3) is 0 Å². The molecule has 6 heteroatoms. The number of benzene rings is 2. The molecule has 1 N–H and O–H groups in total. The number of amides is 2. The highest BCUT2D eigenvalue weighted by atomic mass is 35.5. The quantitative estimate of drug-likeness (QED) is 0.605. The molecule has 0 aromatic heterocycles. The summed E-state index contributed by atoms with van der Waals surface area (Å²) in [5.74, 6) is 0.812. The van der Waals surface area contributed by atoms with Gasteiger partial charge in [-0.15, -0.1) is 0 Å². The van der Waals surface area contributed by atoms with Gasteiger partial charge in [0.15, 0.2) is 0 Å². The van der Waals surface area contributed by atoms with Crippen LogP contribution < -0.4 is 10.1 Å². The number of halogens is 1. The Hall–Kier alpha value is -2.53. The van der Waals surface area contributed by atoms with Crippen LogP contribution in [0.3, 0.4) is 0 Å². The zero-order valence-corrected chi connectivity index (χ0v) is 18.9. The summed E-state index contributed by atoms with van der Waals surface area (Å²) in [4.78, 5) is 27.8. The molecule has 0 aliphatic heterocycles. The van der Waals surface area contributed by atoms with Gasteiger partial charge >= 0.3 is 0 Å². The van der Waals surface area contributed by atoms with Crippen molar-refractivity contribution in [1.82, 2.24) is 10.2 Å². The van der Waals surface area contributed by atoms with Crippen molar-refractivity contribution in [3.8, 4) is 5.75 Å². The number of carbonyl (C=O) groups excluding carboxylic acids is 2. The van der Waals surface area contributed by atoms with Gasteiger partial charge in [-0.25, -0.2) is 0 Å². The van der Waals surface area contributed by atoms with E-state index in [2.05, 4.69) is 5.32 Å². The van der Waals surface area contributed by atoms with Crippen LogP contribution in [0.5, 0.6) is 5.75 Å². The summed E-state index contributed by atoms with van der Waals surface area (Å²) in [7, 11) is 1.61. The third kappa shape index (κ3) is 6.77. The van der Waals surface area contributed by atoms with E-state index in [9.17, 15) is 9.59 Å². The van der Waals surface area contributed by atoms with Crippen molar-refractivity contribution in [2.45, 2.75) is 46.2 Å². The van der Waals surface area contributed by atoms with Gasteiger partial charge in [-0.3, -0.25) is 9.59 Å². The SMILES string of the molecule is CC[C@H](C(=O)NCC(C)C)N(Cc1ccc(OC)cc1)C(=O)Cc1ccccc1Cl. The van der Waals surface area contributed by atoms with Crippen molar-refractivity contribution < 1.29 is 14.3 Å². The van der Waals surface area contributed by atoms with Gasteiger partial charge in [-0.05, 0) is 41.7 Å². The van der Waals surface area contributed by atoms with E-state index in [1.807, 2.05) is 63.2 Å². The van der Waals surface area contributed by atoms with E-state index in [4.69, 9.17) is 16.3 Å². The van der Waals surface area contributed by atoms with E-state index >= 15 is 0 Å². The first kappa shape index (κ1) is 23.7. The van der Waals surface area contributed by atoms with Crippen molar-refractivity contribution in [2.24, 2.45) is 5.92 Å². The summed E-state index contributed by atoms with van der Waals surface area (Å²) in [6.07, 6.45) is 0.665. The Kier molecular flexibility index (Phi) is 9.18. The molecule has 0 radical (unpaired) electrons. The fraction of sp³-hybridized carbons (Fsp3) is 0.417. The molecule has 2 rings (SSSR count). The van der Waals surface area contributed by atoms with Gasteiger partial charge in [0.2, 0.25) is 11.8 Å². The Balaban J connectivity index is 2.27. The lowest BCUT2D eigenvalue weighted by Gasteiger charge is -2.31. The second kappa shape index (κ2) is 11.6. The molecular weight excluding hydrogens is 400 g/mol. The molecule has 0 aliphatic rings. The van der Waals surface area contributed by atoms with Crippen molar-refractivity contribution in [2.75, 3.05) is 13.7 Å². The van der Waals surface area contributed by atoms with E-state index in [-0.39, 0.29) is 18.2 Å². The maximum Gasteiger partial charge on any atom is 0.242 e. The predicted octanol–water partition coefficient (Wildman–Crippen LogP) is 4.47. The summed E-state index contributed by atoms with van der Waals surface area (Å²) < 4.78 is 5.22. The molecule has 0 bridgehead atoms. The average Bonchev–Trinajstić information content (AvgIpc) is 2.74. The number of hydrogen-bond donors (Lipinski definition) is 1. The van der Waals surface area contributed by atoms with Crippen molar-refractivity contribution in [3.05, 3.63) is 64.7 Å². The van der Waals surface area contributed by atoms with Crippen molar-refractivity contribution in [3.63, 3.8) is 0 Å². The highest BCUT2D eigenvalue weighted by molar-refractivity contribution is 6.31. The summed E-state index contributed by atoms with van der Waals surface area (Å²) in [5, 5.41) is 3.52. The number of ether oxygens (including phenoxy) is 1. The van der Waals surface area contributed by atoms with Crippen molar-refractivity contribution >= 4 is 23.4 Å². The first-order chi connectivity index (χ1) is 14.3. The van der Waals surface area contributed by atoms with Crippen LogP contribution in [0.15, 0.2) is 48.5 Å². The van der Waals surface area contributed by atoms with Gasteiger partial charge in [0, 0.05) is 18.1 Å². The number of methoxy groups -OCH3 is 1. The molecule has 2 aromatic rings. The minimum Gasteiger partial charge on any atom is -0.497 e. The zero-order chi connectivity index (χ0) is 22.1. The Morgan fingerprint density at radius 3 is 2.33 bits per heavy atom. The average molecular weight is 431 g/mol. The summed E-state index contributed by atoms with van der Waals surface area (Å²) in [5.41, 5.74) is 1.68. The molecule has 0 aliphatic carbocycles. The summed E-state index contributed by atoms with van der Waals surface area (Å²) >= 11 is 6.26. The van der Waals surface area contributed by atoms with Gasteiger partial charge in [0.25, 0.3) is 0 Å². The molecule has 0 heterocycles. The molecular formula is C24H31ClN2O3. The normalized spacial score (nSPS) is 11.8. The first-order valence-electron chi connectivity index (χ1n) is 10.3. The van der Waals surface area contributed by atoms with E-state index < -0.39 is 6.04 Å². The molecule has 5 nitrogen and oxygen atoms in total. The summed E-state index contributed by atoms with van der Waals surface area (Å²) in [6, 6.07) is 14.3. The number of nitrogens with zero attached hydrogens (tertiary/aromatic N) is 1. The molecule has 162 valence electrons. The molecule has 1 atom stereocenters. The monoisotopic (exact) mass is 430 g/mol. The van der Waals surface area contributed by atoms with Crippen LogP contribution >= 0.6 is 11.6 Å². The molecule has 0 saturated heterocycles. The van der Waals surface area contributed by atoms with E-state index in [0.717, 1.165) is 16.9 Å². The van der Waals surface area contributed by atoms with E-state index in [1.54, 1.807) is 18.1 Å². The Labute approximate surface area is 184 Å². The van der Waals surface area contributed by atoms with Gasteiger partial charge in [-0.2, -0.15) is 0 Å². The fourth-order valence-electron chi connectivity index (χ4n) is 3.18. The topological polar surface area (TPSA) is 58.6 Å². The molecule has 2 amide bonds. The number of hydrogen-bond acceptors (Lipinski definition) is 3. The second-order valence-electron chi connectivity index (χ2n) is 7.70. The maximum absolute atomic E-state index is 13.3. The highest BCUT2D eigenvalue weighted by Crippen LogP contribution is 2.20. The predicted molar refractivity (Wildman–Crippen MR) is 121 cm³/mol. The maximum atomic E-state index is 13.3.